The summed E-state index contributed by atoms with van der Waals surface area (Å²) in [6.07, 6.45) is 2.93. The Morgan fingerprint density at radius 2 is 1.90 bits per heavy atom. The topological polar surface area (TPSA) is 90.7 Å². The van der Waals surface area contributed by atoms with Crippen LogP contribution >= 0.6 is 0 Å². The Bertz CT molecular complexity index is 813. The summed E-state index contributed by atoms with van der Waals surface area (Å²) in [6, 6.07) is 6.13. The van der Waals surface area contributed by atoms with Gasteiger partial charge in [-0.25, -0.2) is 0 Å². The Balaban J connectivity index is 0.00000113. The minimum Gasteiger partial charge on any atom is -0.396 e. The zero-order chi connectivity index (χ0) is 23.4. The van der Waals surface area contributed by atoms with E-state index in [1.807, 2.05) is 40.8 Å². The fraction of sp³-hybridized carbons (Fsp3) is 0.609. The fourth-order valence-corrected chi connectivity index (χ4v) is 3.56. The molecule has 8 nitrogen and oxygen atoms in total. The molecular weight excluding hydrogens is 394 g/mol. The van der Waals surface area contributed by atoms with Crippen molar-refractivity contribution in [3.05, 3.63) is 18.2 Å². The molecule has 1 fully saturated rings. The third kappa shape index (κ3) is 6.69. The van der Waals surface area contributed by atoms with E-state index in [0.717, 1.165) is 48.9 Å². The van der Waals surface area contributed by atoms with E-state index in [1.54, 1.807) is 11.7 Å². The van der Waals surface area contributed by atoms with Crippen LogP contribution in [0.3, 0.4) is 0 Å². The number of nitrogens with one attached hydrogen (secondary N) is 1. The molecule has 3 rings (SSSR count). The van der Waals surface area contributed by atoms with Gasteiger partial charge in [-0.1, -0.05) is 27.7 Å². The van der Waals surface area contributed by atoms with Crippen molar-refractivity contribution in [2.45, 2.75) is 47.0 Å². The maximum atomic E-state index is 11.5. The first-order valence-electron chi connectivity index (χ1n) is 11.3. The molecule has 1 aromatic carbocycles. The molecule has 1 aromatic heterocycles. The standard InChI is InChI=1S/C19H27N5O3.2C2H6/c1-20-18(27)7-10-24(13-26)19-16-4-3-15(11-17(16)22(2)21-19)23-8-5-14(12-25)6-9-23;2*1-2/h3-4,11,13-14,25H,5-10,12H2,1-2H3,(H,20,27);2*1-2H3. The molecule has 0 aliphatic carbocycles. The Labute approximate surface area is 186 Å². The van der Waals surface area contributed by atoms with Crippen molar-refractivity contribution in [1.82, 2.24) is 15.1 Å². The zero-order valence-electron chi connectivity index (χ0n) is 19.9. The number of carbonyl (C=O) groups excluding carboxylic acids is 2. The maximum Gasteiger partial charge on any atom is 0.221 e. The first-order valence-corrected chi connectivity index (χ1v) is 11.3. The largest absolute Gasteiger partial charge is 0.396 e. The van der Waals surface area contributed by atoms with Crippen molar-refractivity contribution >= 4 is 34.7 Å². The lowest BCUT2D eigenvalue weighted by atomic mass is 9.97. The summed E-state index contributed by atoms with van der Waals surface area (Å²) in [5.41, 5.74) is 2.06. The van der Waals surface area contributed by atoms with E-state index in [9.17, 15) is 14.7 Å². The van der Waals surface area contributed by atoms with Gasteiger partial charge in [-0.05, 0) is 37.0 Å². The molecule has 2 N–H and O–H groups in total. The van der Waals surface area contributed by atoms with E-state index in [1.165, 1.54) is 4.90 Å². The minimum atomic E-state index is -0.115. The van der Waals surface area contributed by atoms with Crippen molar-refractivity contribution in [1.29, 1.82) is 0 Å². The lowest BCUT2D eigenvalue weighted by Gasteiger charge is -2.32. The van der Waals surface area contributed by atoms with Crippen LogP contribution in [0.15, 0.2) is 18.2 Å². The second kappa shape index (κ2) is 13.6. The zero-order valence-corrected chi connectivity index (χ0v) is 19.9. The molecule has 0 unspecified atom stereocenters. The summed E-state index contributed by atoms with van der Waals surface area (Å²) in [6.45, 7) is 10.4. The van der Waals surface area contributed by atoms with Gasteiger partial charge in [0.15, 0.2) is 5.82 Å². The third-order valence-electron chi connectivity index (χ3n) is 5.31. The molecule has 0 bridgehead atoms. The van der Waals surface area contributed by atoms with Crippen LogP contribution in [0.1, 0.15) is 47.0 Å². The smallest absolute Gasteiger partial charge is 0.221 e. The summed E-state index contributed by atoms with van der Waals surface area (Å²) in [4.78, 5) is 26.8. The van der Waals surface area contributed by atoms with Gasteiger partial charge in [0.05, 0.1) is 5.52 Å². The number of nitrogens with zero attached hydrogens (tertiary/aromatic N) is 4. The van der Waals surface area contributed by atoms with Gasteiger partial charge in [-0.15, -0.1) is 0 Å². The molecule has 0 radical (unpaired) electrons. The molecule has 174 valence electrons. The van der Waals surface area contributed by atoms with Gasteiger partial charge >= 0.3 is 0 Å². The molecule has 0 saturated carbocycles. The van der Waals surface area contributed by atoms with Crippen molar-refractivity contribution in [2.75, 3.05) is 43.1 Å². The Morgan fingerprint density at radius 1 is 1.26 bits per heavy atom. The van der Waals surface area contributed by atoms with Gasteiger partial charge in [0, 0.05) is 57.8 Å². The number of aromatic nitrogens is 2. The predicted octanol–water partition coefficient (Wildman–Crippen LogP) is 2.93. The molecule has 2 aromatic rings. The molecule has 8 heteroatoms. The lowest BCUT2D eigenvalue weighted by molar-refractivity contribution is -0.120. The van der Waals surface area contributed by atoms with Crippen LogP contribution in [-0.2, 0) is 16.6 Å². The highest BCUT2D eigenvalue weighted by atomic mass is 16.3. The normalized spacial score (nSPS) is 13.6. The SMILES string of the molecule is CC.CC.CNC(=O)CCN(C=O)c1nn(C)c2cc(N3CCC(CO)CC3)ccc12. The van der Waals surface area contributed by atoms with Crippen LogP contribution in [0.25, 0.3) is 10.9 Å². The number of hydrogen-bond acceptors (Lipinski definition) is 5. The Kier molecular flexibility index (Phi) is 11.6. The van der Waals surface area contributed by atoms with Crippen LogP contribution in [0.5, 0.6) is 0 Å². The summed E-state index contributed by atoms with van der Waals surface area (Å²) >= 11 is 0. The molecule has 0 spiro atoms. The summed E-state index contributed by atoms with van der Waals surface area (Å²) in [7, 11) is 3.43. The quantitative estimate of drug-likeness (QED) is 0.655. The number of aliphatic hydroxyl groups excluding tert-OH is 1. The van der Waals surface area contributed by atoms with E-state index < -0.39 is 0 Å². The van der Waals surface area contributed by atoms with E-state index in [-0.39, 0.29) is 25.5 Å². The summed E-state index contributed by atoms with van der Waals surface area (Å²) in [5.74, 6) is 0.849. The number of amides is 2. The minimum absolute atomic E-state index is 0.115. The number of benzene rings is 1. The highest BCUT2D eigenvalue weighted by Crippen LogP contribution is 2.31. The number of piperidine rings is 1. The summed E-state index contributed by atoms with van der Waals surface area (Å²) in [5, 5.41) is 17.3. The van der Waals surface area contributed by atoms with Crippen molar-refractivity contribution < 1.29 is 14.7 Å². The molecular formula is C23H39N5O3. The Hall–Kier alpha value is -2.61. The predicted molar refractivity (Wildman–Crippen MR) is 128 cm³/mol. The maximum absolute atomic E-state index is 11.5. The van der Waals surface area contributed by atoms with Crippen LogP contribution in [0.2, 0.25) is 0 Å². The molecule has 1 aliphatic heterocycles. The molecule has 2 heterocycles. The number of rotatable bonds is 7. The average Bonchev–Trinajstić information content (AvgIpc) is 3.17. The van der Waals surface area contributed by atoms with Crippen LogP contribution < -0.4 is 15.1 Å². The number of anilines is 2. The van der Waals surface area contributed by atoms with Crippen molar-refractivity contribution in [2.24, 2.45) is 13.0 Å². The van der Waals surface area contributed by atoms with Crippen molar-refractivity contribution in [3.63, 3.8) is 0 Å². The number of fused-ring (bicyclic) bond motifs is 1. The van der Waals surface area contributed by atoms with Gasteiger partial charge in [0.1, 0.15) is 0 Å². The second-order valence-corrected chi connectivity index (χ2v) is 6.98. The van der Waals surface area contributed by atoms with E-state index in [2.05, 4.69) is 27.4 Å². The van der Waals surface area contributed by atoms with Gasteiger partial charge in [0.25, 0.3) is 0 Å². The van der Waals surface area contributed by atoms with Gasteiger partial charge in [0.2, 0.25) is 12.3 Å². The third-order valence-corrected chi connectivity index (χ3v) is 5.31. The molecule has 2 amide bonds. The molecule has 1 aliphatic rings. The van der Waals surface area contributed by atoms with Crippen LogP contribution in [0, 0.1) is 5.92 Å². The van der Waals surface area contributed by atoms with Crippen LogP contribution in [0.4, 0.5) is 11.5 Å². The van der Waals surface area contributed by atoms with Gasteiger partial charge in [-0.2, -0.15) is 5.10 Å². The Morgan fingerprint density at radius 3 is 2.45 bits per heavy atom. The average molecular weight is 434 g/mol. The monoisotopic (exact) mass is 433 g/mol. The molecule has 1 saturated heterocycles. The van der Waals surface area contributed by atoms with Gasteiger partial charge in [-0.3, -0.25) is 19.2 Å². The summed E-state index contributed by atoms with van der Waals surface area (Å²) < 4.78 is 1.77. The molecule has 31 heavy (non-hydrogen) atoms. The fourth-order valence-electron chi connectivity index (χ4n) is 3.56. The van der Waals surface area contributed by atoms with Crippen molar-refractivity contribution in [3.8, 4) is 0 Å². The highest BCUT2D eigenvalue weighted by molar-refractivity contribution is 5.97. The molecule has 0 atom stereocenters. The second-order valence-electron chi connectivity index (χ2n) is 6.98. The van der Waals surface area contributed by atoms with E-state index in [0.29, 0.717) is 11.7 Å². The first kappa shape index (κ1) is 26.4. The van der Waals surface area contributed by atoms with E-state index >= 15 is 0 Å². The number of aryl methyl sites for hydroxylation is 1. The number of carbonyl (C=O) groups is 2. The lowest BCUT2D eigenvalue weighted by Crippen LogP contribution is -2.34. The van der Waals surface area contributed by atoms with E-state index in [4.69, 9.17) is 0 Å². The number of aliphatic hydroxyl groups is 1. The first-order chi connectivity index (χ1) is 15.1. The van der Waals surface area contributed by atoms with Gasteiger partial charge < -0.3 is 15.3 Å². The highest BCUT2D eigenvalue weighted by Gasteiger charge is 2.21. The number of hydrogen-bond donors (Lipinski definition) is 2. The van der Waals surface area contributed by atoms with Crippen LogP contribution in [-0.4, -0.2) is 60.5 Å².